The standard InChI is InChI=1S/C18H27ClN2O2/c1-18(2,3)23-17(22)21-12-4-5-16(21)13-20-11-10-14-6-8-15(19)9-7-14/h6-9,16,20H,4-5,10-13H2,1-3H3. The molecule has 1 heterocycles. The highest BCUT2D eigenvalue weighted by Gasteiger charge is 2.31. The van der Waals surface area contributed by atoms with Gasteiger partial charge in [-0.3, -0.25) is 0 Å². The molecule has 1 unspecified atom stereocenters. The second-order valence-corrected chi connectivity index (χ2v) is 7.49. The molecule has 0 bridgehead atoms. The van der Waals surface area contributed by atoms with Crippen LogP contribution in [0.2, 0.25) is 5.02 Å². The molecular formula is C18H27ClN2O2. The van der Waals surface area contributed by atoms with Crippen LogP contribution in [0.4, 0.5) is 4.79 Å². The Hall–Kier alpha value is -1.26. The Balaban J connectivity index is 1.73. The van der Waals surface area contributed by atoms with Crippen molar-refractivity contribution >= 4 is 17.7 Å². The minimum atomic E-state index is -0.438. The van der Waals surface area contributed by atoms with E-state index in [9.17, 15) is 4.79 Å². The van der Waals surface area contributed by atoms with Crippen LogP contribution in [0.1, 0.15) is 39.2 Å². The van der Waals surface area contributed by atoms with Gasteiger partial charge in [0, 0.05) is 24.2 Å². The molecule has 0 aliphatic carbocycles. The molecule has 2 rings (SSSR count). The average molecular weight is 339 g/mol. The molecule has 0 saturated carbocycles. The minimum absolute atomic E-state index is 0.195. The van der Waals surface area contributed by atoms with Crippen molar-refractivity contribution in [3.63, 3.8) is 0 Å². The second kappa shape index (κ2) is 8.02. The third-order valence-corrected chi connectivity index (χ3v) is 4.14. The van der Waals surface area contributed by atoms with Gasteiger partial charge in [-0.2, -0.15) is 0 Å². The molecule has 1 N–H and O–H groups in total. The summed E-state index contributed by atoms with van der Waals surface area (Å²) in [6, 6.07) is 8.16. The van der Waals surface area contributed by atoms with E-state index in [0.717, 1.165) is 43.9 Å². The summed E-state index contributed by atoms with van der Waals surface area (Å²) in [5.41, 5.74) is 0.823. The van der Waals surface area contributed by atoms with Crippen LogP contribution >= 0.6 is 11.6 Å². The van der Waals surface area contributed by atoms with Gasteiger partial charge in [0.25, 0.3) is 0 Å². The molecule has 0 aromatic heterocycles. The number of nitrogens with zero attached hydrogens (tertiary/aromatic N) is 1. The van der Waals surface area contributed by atoms with Gasteiger partial charge in [-0.05, 0) is 64.3 Å². The van der Waals surface area contributed by atoms with E-state index in [1.165, 1.54) is 5.56 Å². The maximum Gasteiger partial charge on any atom is 0.410 e. The number of hydrogen-bond donors (Lipinski definition) is 1. The largest absolute Gasteiger partial charge is 0.444 e. The van der Waals surface area contributed by atoms with E-state index in [1.807, 2.05) is 49.9 Å². The lowest BCUT2D eigenvalue weighted by Gasteiger charge is -2.28. The Morgan fingerprint density at radius 3 is 2.70 bits per heavy atom. The zero-order valence-corrected chi connectivity index (χ0v) is 15.0. The summed E-state index contributed by atoms with van der Waals surface area (Å²) in [5, 5.41) is 4.22. The van der Waals surface area contributed by atoms with Gasteiger partial charge in [-0.15, -0.1) is 0 Å². The molecule has 0 spiro atoms. The first kappa shape index (κ1) is 18.1. The van der Waals surface area contributed by atoms with Crippen molar-refractivity contribution in [2.75, 3.05) is 19.6 Å². The second-order valence-electron chi connectivity index (χ2n) is 7.05. The number of carbonyl (C=O) groups is 1. The molecule has 1 saturated heterocycles. The van der Waals surface area contributed by atoms with Crippen LogP contribution in [0.15, 0.2) is 24.3 Å². The summed E-state index contributed by atoms with van der Waals surface area (Å²) in [7, 11) is 0. The van der Waals surface area contributed by atoms with Crippen molar-refractivity contribution < 1.29 is 9.53 Å². The Bertz CT molecular complexity index is 511. The molecule has 5 heteroatoms. The number of ether oxygens (including phenoxy) is 1. The lowest BCUT2D eigenvalue weighted by molar-refractivity contribution is 0.0227. The molecule has 1 aromatic carbocycles. The number of likely N-dealkylation sites (tertiary alicyclic amines) is 1. The van der Waals surface area contributed by atoms with E-state index < -0.39 is 5.60 Å². The van der Waals surface area contributed by atoms with Gasteiger partial charge in [-0.25, -0.2) is 4.79 Å². The van der Waals surface area contributed by atoms with Gasteiger partial charge in [0.1, 0.15) is 5.60 Å². The number of carbonyl (C=O) groups excluding carboxylic acids is 1. The zero-order chi connectivity index (χ0) is 16.9. The van der Waals surface area contributed by atoms with Crippen molar-refractivity contribution in [2.24, 2.45) is 0 Å². The van der Waals surface area contributed by atoms with Crippen LogP contribution in [0.5, 0.6) is 0 Å². The molecular weight excluding hydrogens is 312 g/mol. The lowest BCUT2D eigenvalue weighted by atomic mass is 10.1. The molecule has 1 amide bonds. The molecule has 1 atom stereocenters. The third-order valence-electron chi connectivity index (χ3n) is 3.89. The fourth-order valence-electron chi connectivity index (χ4n) is 2.76. The number of halogens is 1. The topological polar surface area (TPSA) is 41.6 Å². The number of rotatable bonds is 5. The highest BCUT2D eigenvalue weighted by atomic mass is 35.5. The van der Waals surface area contributed by atoms with Gasteiger partial charge in [-0.1, -0.05) is 23.7 Å². The SMILES string of the molecule is CC(C)(C)OC(=O)N1CCCC1CNCCc1ccc(Cl)cc1. The van der Waals surface area contributed by atoms with E-state index in [-0.39, 0.29) is 12.1 Å². The Morgan fingerprint density at radius 2 is 2.04 bits per heavy atom. The highest BCUT2D eigenvalue weighted by Crippen LogP contribution is 2.20. The Kier molecular flexibility index (Phi) is 6.31. The molecule has 1 aliphatic heterocycles. The third kappa shape index (κ3) is 6.04. The Labute approximate surface area is 144 Å². The van der Waals surface area contributed by atoms with Crippen molar-refractivity contribution in [2.45, 2.75) is 51.7 Å². The summed E-state index contributed by atoms with van der Waals surface area (Å²) in [6.45, 7) is 8.20. The zero-order valence-electron chi connectivity index (χ0n) is 14.3. The first-order chi connectivity index (χ1) is 10.8. The molecule has 0 radical (unpaired) electrons. The molecule has 1 aliphatic rings. The quantitative estimate of drug-likeness (QED) is 0.828. The molecule has 23 heavy (non-hydrogen) atoms. The maximum atomic E-state index is 12.2. The monoisotopic (exact) mass is 338 g/mol. The van der Waals surface area contributed by atoms with Crippen LogP contribution in [-0.2, 0) is 11.2 Å². The minimum Gasteiger partial charge on any atom is -0.444 e. The van der Waals surface area contributed by atoms with Crippen molar-refractivity contribution in [1.29, 1.82) is 0 Å². The normalized spacial score (nSPS) is 18.3. The number of amides is 1. The maximum absolute atomic E-state index is 12.2. The van der Waals surface area contributed by atoms with E-state index in [4.69, 9.17) is 16.3 Å². The van der Waals surface area contributed by atoms with E-state index >= 15 is 0 Å². The first-order valence-electron chi connectivity index (χ1n) is 8.30. The van der Waals surface area contributed by atoms with Crippen LogP contribution in [0.25, 0.3) is 0 Å². The Morgan fingerprint density at radius 1 is 1.35 bits per heavy atom. The molecule has 1 aromatic rings. The van der Waals surface area contributed by atoms with Crippen LogP contribution in [0.3, 0.4) is 0 Å². The predicted molar refractivity (Wildman–Crippen MR) is 94.0 cm³/mol. The predicted octanol–water partition coefficient (Wildman–Crippen LogP) is 3.87. The summed E-state index contributed by atoms with van der Waals surface area (Å²) < 4.78 is 5.49. The summed E-state index contributed by atoms with van der Waals surface area (Å²) in [4.78, 5) is 14.1. The fourth-order valence-corrected chi connectivity index (χ4v) is 2.89. The van der Waals surface area contributed by atoms with Crippen molar-refractivity contribution in [3.8, 4) is 0 Å². The van der Waals surface area contributed by atoms with Crippen LogP contribution in [-0.4, -0.2) is 42.3 Å². The highest BCUT2D eigenvalue weighted by molar-refractivity contribution is 6.30. The first-order valence-corrected chi connectivity index (χ1v) is 8.68. The number of nitrogens with one attached hydrogen (secondary N) is 1. The van der Waals surface area contributed by atoms with E-state index in [1.54, 1.807) is 0 Å². The number of hydrogen-bond acceptors (Lipinski definition) is 3. The molecule has 1 fully saturated rings. The van der Waals surface area contributed by atoms with Crippen LogP contribution in [0, 0.1) is 0 Å². The van der Waals surface area contributed by atoms with Crippen molar-refractivity contribution in [3.05, 3.63) is 34.9 Å². The van der Waals surface area contributed by atoms with Gasteiger partial charge in [0.15, 0.2) is 0 Å². The molecule has 128 valence electrons. The van der Waals surface area contributed by atoms with E-state index in [2.05, 4.69) is 5.32 Å². The van der Waals surface area contributed by atoms with Gasteiger partial charge in [0.05, 0.1) is 0 Å². The lowest BCUT2D eigenvalue weighted by Crippen LogP contribution is -2.44. The summed E-state index contributed by atoms with van der Waals surface area (Å²) in [6.07, 6.45) is 2.84. The van der Waals surface area contributed by atoms with Gasteiger partial charge in [0.2, 0.25) is 0 Å². The average Bonchev–Trinajstić information content (AvgIpc) is 2.92. The molecule has 4 nitrogen and oxygen atoms in total. The van der Waals surface area contributed by atoms with Crippen LogP contribution < -0.4 is 5.32 Å². The fraction of sp³-hybridized carbons (Fsp3) is 0.611. The summed E-state index contributed by atoms with van der Waals surface area (Å²) in [5.74, 6) is 0. The van der Waals surface area contributed by atoms with Gasteiger partial charge >= 0.3 is 6.09 Å². The van der Waals surface area contributed by atoms with E-state index in [0.29, 0.717) is 0 Å². The van der Waals surface area contributed by atoms with Gasteiger partial charge < -0.3 is 15.0 Å². The number of benzene rings is 1. The summed E-state index contributed by atoms with van der Waals surface area (Å²) >= 11 is 5.89. The smallest absolute Gasteiger partial charge is 0.410 e. The van der Waals surface area contributed by atoms with Crippen molar-refractivity contribution in [1.82, 2.24) is 10.2 Å².